The van der Waals surface area contributed by atoms with Crippen LogP contribution < -0.4 is 15.4 Å². The lowest BCUT2D eigenvalue weighted by Crippen LogP contribution is -2.37. The topological polar surface area (TPSA) is 78.0 Å². The summed E-state index contributed by atoms with van der Waals surface area (Å²) < 4.78 is 0. The minimum Gasteiger partial charge on any atom is -0.356 e. The van der Waals surface area contributed by atoms with Crippen LogP contribution in [0.1, 0.15) is 54.4 Å². The lowest BCUT2D eigenvalue weighted by Gasteiger charge is -2.35. The molecule has 0 bridgehead atoms. The third kappa shape index (κ3) is 3.68. The zero-order valence-corrected chi connectivity index (χ0v) is 16.5. The van der Waals surface area contributed by atoms with E-state index in [0.717, 1.165) is 56.2 Å². The van der Waals surface area contributed by atoms with Gasteiger partial charge in [0.05, 0.1) is 11.4 Å². The predicted octanol–water partition coefficient (Wildman–Crippen LogP) is 2.20. The lowest BCUT2D eigenvalue weighted by atomic mass is 9.92. The number of piperidine rings is 1. The van der Waals surface area contributed by atoms with Crippen LogP contribution in [0, 0.1) is 6.92 Å². The molecule has 1 saturated heterocycles. The highest BCUT2D eigenvalue weighted by Crippen LogP contribution is 2.34. The van der Waals surface area contributed by atoms with E-state index in [1.165, 1.54) is 24.1 Å². The normalized spacial score (nSPS) is 19.7. The van der Waals surface area contributed by atoms with Crippen LogP contribution in [0.25, 0.3) is 0 Å². The number of nitrogens with one attached hydrogen (secondary N) is 1. The summed E-state index contributed by atoms with van der Waals surface area (Å²) >= 11 is 0. The van der Waals surface area contributed by atoms with Gasteiger partial charge < -0.3 is 14.8 Å². The first-order valence-corrected chi connectivity index (χ1v) is 9.91. The van der Waals surface area contributed by atoms with Crippen LogP contribution in [0.4, 0.5) is 11.8 Å². The molecule has 0 aromatic carbocycles. The van der Waals surface area contributed by atoms with Crippen LogP contribution in [0.15, 0.2) is 10.9 Å². The molecule has 2 aromatic rings. The molecule has 0 amide bonds. The fourth-order valence-electron chi connectivity index (χ4n) is 4.25. The van der Waals surface area contributed by atoms with E-state index in [2.05, 4.69) is 14.9 Å². The Kier molecular flexibility index (Phi) is 4.85. The van der Waals surface area contributed by atoms with Gasteiger partial charge >= 0.3 is 0 Å². The molecule has 1 aliphatic heterocycles. The summed E-state index contributed by atoms with van der Waals surface area (Å²) in [7, 11) is 3.99. The van der Waals surface area contributed by atoms with Gasteiger partial charge in [-0.25, -0.2) is 9.97 Å². The van der Waals surface area contributed by atoms with Crippen molar-refractivity contribution in [1.82, 2.24) is 19.9 Å². The first kappa shape index (κ1) is 17.9. The molecule has 0 radical (unpaired) electrons. The predicted molar refractivity (Wildman–Crippen MR) is 107 cm³/mol. The lowest BCUT2D eigenvalue weighted by molar-refractivity contribution is 0.493. The van der Waals surface area contributed by atoms with Gasteiger partial charge in [-0.15, -0.1) is 0 Å². The van der Waals surface area contributed by atoms with E-state index >= 15 is 0 Å². The molecule has 1 atom stereocenters. The number of hydrogen-bond acceptors (Lipinski definition) is 6. The van der Waals surface area contributed by atoms with Crippen molar-refractivity contribution >= 4 is 11.8 Å². The second-order valence-electron chi connectivity index (χ2n) is 7.91. The number of H-pyrrole nitrogens is 1. The van der Waals surface area contributed by atoms with Gasteiger partial charge in [0.2, 0.25) is 5.95 Å². The first-order chi connectivity index (χ1) is 13.0. The fourth-order valence-corrected chi connectivity index (χ4v) is 4.25. The molecule has 1 aliphatic carbocycles. The van der Waals surface area contributed by atoms with E-state index in [1.54, 1.807) is 6.07 Å². The van der Waals surface area contributed by atoms with Crippen molar-refractivity contribution in [3.8, 4) is 0 Å². The van der Waals surface area contributed by atoms with Crippen LogP contribution in [0.3, 0.4) is 0 Å². The Morgan fingerprint density at radius 2 is 1.96 bits per heavy atom. The van der Waals surface area contributed by atoms with Crippen LogP contribution in [-0.4, -0.2) is 47.1 Å². The Labute approximate surface area is 159 Å². The SMILES string of the molecule is Cc1nc([C@H]2CCCN(c3nc(N(C)C)nc4c3CCCC4)C2)cc(=O)[nH]1. The Bertz CT molecular complexity index is 891. The Morgan fingerprint density at radius 1 is 1.15 bits per heavy atom. The van der Waals surface area contributed by atoms with Crippen molar-refractivity contribution in [3.63, 3.8) is 0 Å². The fraction of sp³-hybridized carbons (Fsp3) is 0.600. The number of nitrogens with zero attached hydrogens (tertiary/aromatic N) is 5. The minimum atomic E-state index is -0.0658. The molecular weight excluding hydrogens is 340 g/mol. The van der Waals surface area contributed by atoms with E-state index in [1.807, 2.05) is 25.9 Å². The van der Waals surface area contributed by atoms with E-state index in [-0.39, 0.29) is 11.5 Å². The average molecular weight is 368 g/mol. The molecule has 0 unspecified atom stereocenters. The molecule has 4 rings (SSSR count). The molecule has 27 heavy (non-hydrogen) atoms. The number of aromatic amines is 1. The van der Waals surface area contributed by atoms with E-state index in [9.17, 15) is 4.79 Å². The molecule has 7 nitrogen and oxygen atoms in total. The summed E-state index contributed by atoms with van der Waals surface area (Å²) in [5.41, 5.74) is 3.37. The van der Waals surface area contributed by atoms with Crippen molar-refractivity contribution in [2.45, 2.75) is 51.4 Å². The number of anilines is 2. The first-order valence-electron chi connectivity index (χ1n) is 9.91. The summed E-state index contributed by atoms with van der Waals surface area (Å²) in [5.74, 6) is 2.83. The summed E-state index contributed by atoms with van der Waals surface area (Å²) in [6, 6.07) is 1.65. The second kappa shape index (κ2) is 7.29. The van der Waals surface area contributed by atoms with Crippen molar-refractivity contribution in [2.75, 3.05) is 37.0 Å². The summed E-state index contributed by atoms with van der Waals surface area (Å²) in [5, 5.41) is 0. The molecule has 0 spiro atoms. The molecule has 1 N–H and O–H groups in total. The summed E-state index contributed by atoms with van der Waals surface area (Å²) in [4.78, 5) is 33.3. The van der Waals surface area contributed by atoms with Gasteiger partial charge in [-0.05, 0) is 45.4 Å². The van der Waals surface area contributed by atoms with Crippen LogP contribution in [0.5, 0.6) is 0 Å². The zero-order chi connectivity index (χ0) is 19.0. The highest BCUT2D eigenvalue weighted by Gasteiger charge is 2.28. The van der Waals surface area contributed by atoms with Crippen molar-refractivity contribution in [1.29, 1.82) is 0 Å². The summed E-state index contributed by atoms with van der Waals surface area (Å²) in [6.07, 6.45) is 6.64. The Hall–Kier alpha value is -2.44. The monoisotopic (exact) mass is 368 g/mol. The number of fused-ring (bicyclic) bond motifs is 1. The Morgan fingerprint density at radius 3 is 2.74 bits per heavy atom. The highest BCUT2D eigenvalue weighted by molar-refractivity contribution is 5.54. The number of rotatable bonds is 3. The standard InChI is InChI=1S/C20H28N6O/c1-13-21-17(11-18(27)22-13)14-7-6-10-26(12-14)19-15-8-4-5-9-16(15)23-20(24-19)25(2)3/h11,14H,4-10,12H2,1-3H3,(H,21,22,27)/t14-/m0/s1. The van der Waals surface area contributed by atoms with Crippen LogP contribution in [0.2, 0.25) is 0 Å². The van der Waals surface area contributed by atoms with E-state index in [0.29, 0.717) is 5.82 Å². The summed E-state index contributed by atoms with van der Waals surface area (Å²) in [6.45, 7) is 3.69. The highest BCUT2D eigenvalue weighted by atomic mass is 16.1. The van der Waals surface area contributed by atoms with Gasteiger partial charge in [0.15, 0.2) is 0 Å². The molecule has 2 aliphatic rings. The molecule has 7 heteroatoms. The van der Waals surface area contributed by atoms with Gasteiger partial charge in [-0.3, -0.25) is 4.79 Å². The van der Waals surface area contributed by atoms with Gasteiger partial charge in [-0.2, -0.15) is 4.98 Å². The maximum Gasteiger partial charge on any atom is 0.251 e. The average Bonchev–Trinajstić information content (AvgIpc) is 2.66. The van der Waals surface area contributed by atoms with Crippen molar-refractivity contribution in [3.05, 3.63) is 39.2 Å². The maximum absolute atomic E-state index is 11.9. The number of aryl methyl sites for hydroxylation is 2. The van der Waals surface area contributed by atoms with Gasteiger partial charge in [0, 0.05) is 44.7 Å². The molecular formula is C20H28N6O. The second-order valence-corrected chi connectivity index (χ2v) is 7.91. The molecule has 2 aromatic heterocycles. The van der Waals surface area contributed by atoms with Crippen LogP contribution >= 0.6 is 0 Å². The third-order valence-electron chi connectivity index (χ3n) is 5.57. The molecule has 144 valence electrons. The van der Waals surface area contributed by atoms with E-state index < -0.39 is 0 Å². The molecule has 0 saturated carbocycles. The quantitative estimate of drug-likeness (QED) is 0.895. The molecule has 1 fully saturated rings. The smallest absolute Gasteiger partial charge is 0.251 e. The van der Waals surface area contributed by atoms with Crippen molar-refractivity contribution in [2.24, 2.45) is 0 Å². The van der Waals surface area contributed by atoms with Crippen molar-refractivity contribution < 1.29 is 0 Å². The number of aromatic nitrogens is 4. The van der Waals surface area contributed by atoms with Crippen LogP contribution in [-0.2, 0) is 12.8 Å². The Balaban J connectivity index is 1.68. The minimum absolute atomic E-state index is 0.0658. The molecule has 3 heterocycles. The van der Waals surface area contributed by atoms with Gasteiger partial charge in [-0.1, -0.05) is 0 Å². The zero-order valence-electron chi connectivity index (χ0n) is 16.5. The third-order valence-corrected chi connectivity index (χ3v) is 5.57. The van der Waals surface area contributed by atoms with Gasteiger partial charge in [0.1, 0.15) is 11.6 Å². The van der Waals surface area contributed by atoms with E-state index in [4.69, 9.17) is 9.97 Å². The maximum atomic E-state index is 11.9. The number of hydrogen-bond donors (Lipinski definition) is 1. The largest absolute Gasteiger partial charge is 0.356 e. The van der Waals surface area contributed by atoms with Gasteiger partial charge in [0.25, 0.3) is 5.56 Å².